The molecule has 0 radical (unpaired) electrons. The number of carbonyl (C=O) groups is 1. The van der Waals surface area contributed by atoms with E-state index < -0.39 is 0 Å². The molecule has 0 atom stereocenters. The first kappa shape index (κ1) is 16.2. The normalized spacial score (nSPS) is 13.1. The minimum absolute atomic E-state index is 0.185. The smallest absolute Gasteiger partial charge is 0.312 e. The third-order valence-electron chi connectivity index (χ3n) is 4.07. The molecule has 0 spiro atoms. The van der Waals surface area contributed by atoms with E-state index in [1.807, 2.05) is 54.2 Å². The van der Waals surface area contributed by atoms with Crippen molar-refractivity contribution in [2.75, 3.05) is 0 Å². The molecule has 0 saturated heterocycles. The Kier molecular flexibility index (Phi) is 5.26. The van der Waals surface area contributed by atoms with Gasteiger partial charge < -0.3 is 5.23 Å². The van der Waals surface area contributed by atoms with E-state index in [0.717, 1.165) is 36.2 Å². The highest BCUT2D eigenvalue weighted by Gasteiger charge is 2.14. The van der Waals surface area contributed by atoms with Crippen LogP contribution in [-0.2, 0) is 6.54 Å². The van der Waals surface area contributed by atoms with Crippen molar-refractivity contribution in [3.8, 4) is 0 Å². The van der Waals surface area contributed by atoms with E-state index in [2.05, 4.69) is 21.3 Å². The third kappa shape index (κ3) is 4.22. The molecule has 5 nitrogen and oxygen atoms in total. The van der Waals surface area contributed by atoms with Gasteiger partial charge in [0.2, 0.25) is 0 Å². The fourth-order valence-electron chi connectivity index (χ4n) is 2.73. The van der Waals surface area contributed by atoms with E-state index >= 15 is 0 Å². The van der Waals surface area contributed by atoms with Gasteiger partial charge in [0.15, 0.2) is 5.78 Å². The van der Waals surface area contributed by atoms with Crippen molar-refractivity contribution >= 4 is 18.1 Å². The number of Topliss-reactive ketones (excluding diaryl/α,β-unsaturated/α-hetero) is 1. The summed E-state index contributed by atoms with van der Waals surface area (Å²) in [6.07, 6.45) is 10.0. The van der Waals surface area contributed by atoms with Gasteiger partial charge in [-0.25, -0.2) is 4.98 Å². The van der Waals surface area contributed by atoms with Crippen LogP contribution in [-0.4, -0.2) is 27.4 Å². The van der Waals surface area contributed by atoms with E-state index in [1.54, 1.807) is 6.33 Å². The van der Waals surface area contributed by atoms with Gasteiger partial charge >= 0.3 is 6.85 Å². The number of hydrogen-bond acceptors (Lipinski definition) is 4. The number of unbranched alkanes of at least 4 members (excludes halogenated alkanes) is 1. The summed E-state index contributed by atoms with van der Waals surface area (Å²) in [4.78, 5) is 16.4. The Morgan fingerprint density at radius 1 is 1.21 bits per heavy atom. The standard InChI is InChI=1S/C18H21BN4O/c1-15-20-14-23(22-15)13-5-2-6-18(24)16-7-9-17(10-8-16)19-11-3-4-12-21-19/h3-4,7-12,14,21H,2,5-6,13H2,1H3. The fourth-order valence-corrected chi connectivity index (χ4v) is 2.73. The maximum atomic E-state index is 12.3. The van der Waals surface area contributed by atoms with Crippen LogP contribution in [0.3, 0.4) is 0 Å². The lowest BCUT2D eigenvalue weighted by molar-refractivity contribution is 0.0979. The summed E-state index contributed by atoms with van der Waals surface area (Å²) in [5.41, 5.74) is 1.94. The topological polar surface area (TPSA) is 59.8 Å². The van der Waals surface area contributed by atoms with Gasteiger partial charge in [0.25, 0.3) is 0 Å². The van der Waals surface area contributed by atoms with E-state index in [9.17, 15) is 4.79 Å². The van der Waals surface area contributed by atoms with Gasteiger partial charge in [-0.2, -0.15) is 5.10 Å². The highest BCUT2D eigenvalue weighted by molar-refractivity contribution is 6.76. The molecule has 1 aliphatic heterocycles. The molecule has 6 heteroatoms. The van der Waals surface area contributed by atoms with Crippen molar-refractivity contribution in [2.24, 2.45) is 0 Å². The predicted molar refractivity (Wildman–Crippen MR) is 96.2 cm³/mol. The quantitative estimate of drug-likeness (QED) is 0.482. The molecule has 2 heterocycles. The van der Waals surface area contributed by atoms with E-state index in [1.165, 1.54) is 0 Å². The summed E-state index contributed by atoms with van der Waals surface area (Å²) in [7, 11) is 0. The second-order valence-electron chi connectivity index (χ2n) is 5.95. The number of rotatable bonds is 7. The summed E-state index contributed by atoms with van der Waals surface area (Å²) >= 11 is 0. The molecule has 1 aromatic heterocycles. The van der Waals surface area contributed by atoms with Crippen molar-refractivity contribution in [3.63, 3.8) is 0 Å². The molecule has 0 unspecified atom stereocenters. The molecule has 0 bridgehead atoms. The molecule has 122 valence electrons. The van der Waals surface area contributed by atoms with Crippen LogP contribution in [0.25, 0.3) is 0 Å². The lowest BCUT2D eigenvalue weighted by Gasteiger charge is -2.12. The number of allylic oxidation sites excluding steroid dienone is 2. The van der Waals surface area contributed by atoms with Gasteiger partial charge in [0, 0.05) is 18.5 Å². The van der Waals surface area contributed by atoms with Gasteiger partial charge in [-0.05, 0) is 32.0 Å². The van der Waals surface area contributed by atoms with E-state index in [4.69, 9.17) is 0 Å². The van der Waals surface area contributed by atoms with Crippen LogP contribution in [0, 0.1) is 6.92 Å². The van der Waals surface area contributed by atoms with Crippen LogP contribution in [0.5, 0.6) is 0 Å². The molecule has 3 rings (SSSR count). The summed E-state index contributed by atoms with van der Waals surface area (Å²) in [5, 5.41) is 7.52. The number of nitrogens with zero attached hydrogens (tertiary/aromatic N) is 3. The van der Waals surface area contributed by atoms with Crippen LogP contribution in [0.2, 0.25) is 0 Å². The number of ketones is 1. The van der Waals surface area contributed by atoms with Crippen molar-refractivity contribution in [1.29, 1.82) is 0 Å². The maximum absolute atomic E-state index is 12.3. The van der Waals surface area contributed by atoms with Crippen molar-refractivity contribution in [1.82, 2.24) is 20.0 Å². The first-order chi connectivity index (χ1) is 11.7. The Morgan fingerprint density at radius 3 is 2.71 bits per heavy atom. The number of hydrogen-bond donors (Lipinski definition) is 1. The average molecular weight is 320 g/mol. The molecule has 0 fully saturated rings. The van der Waals surface area contributed by atoms with Crippen LogP contribution in [0.15, 0.2) is 54.9 Å². The van der Waals surface area contributed by atoms with Gasteiger partial charge in [0.05, 0.1) is 0 Å². The van der Waals surface area contributed by atoms with E-state index in [0.29, 0.717) is 6.42 Å². The first-order valence-electron chi connectivity index (χ1n) is 8.31. The maximum Gasteiger partial charge on any atom is 0.312 e. The monoisotopic (exact) mass is 320 g/mol. The molecular formula is C18H21BN4O. The molecule has 0 saturated carbocycles. The molecule has 1 aliphatic rings. The van der Waals surface area contributed by atoms with E-state index in [-0.39, 0.29) is 12.6 Å². The van der Waals surface area contributed by atoms with Gasteiger partial charge in [-0.1, -0.05) is 41.8 Å². The van der Waals surface area contributed by atoms with Crippen LogP contribution < -0.4 is 10.7 Å². The Hall–Kier alpha value is -2.63. The molecule has 24 heavy (non-hydrogen) atoms. The van der Waals surface area contributed by atoms with Crippen molar-refractivity contribution in [2.45, 2.75) is 32.7 Å². The number of aryl methyl sites for hydroxylation is 2. The largest absolute Gasteiger partial charge is 0.427 e. The third-order valence-corrected chi connectivity index (χ3v) is 4.07. The number of aromatic nitrogens is 3. The lowest BCUT2D eigenvalue weighted by atomic mass is 9.55. The zero-order valence-corrected chi connectivity index (χ0v) is 13.9. The SMILES string of the molecule is Cc1ncn(CCCCC(=O)c2ccc(B3C=CC=CN3)cc2)n1. The Labute approximate surface area is 142 Å². The molecule has 2 aromatic rings. The second kappa shape index (κ2) is 7.77. The number of benzene rings is 1. The summed E-state index contributed by atoms with van der Waals surface area (Å²) < 4.78 is 1.83. The van der Waals surface area contributed by atoms with Gasteiger partial charge in [-0.3, -0.25) is 9.48 Å². The predicted octanol–water partition coefficient (Wildman–Crippen LogP) is 2.05. The second-order valence-corrected chi connectivity index (χ2v) is 5.95. The number of carbonyl (C=O) groups excluding carboxylic acids is 1. The highest BCUT2D eigenvalue weighted by atomic mass is 16.1. The molecule has 0 amide bonds. The first-order valence-corrected chi connectivity index (χ1v) is 8.31. The van der Waals surface area contributed by atoms with Crippen LogP contribution in [0.4, 0.5) is 0 Å². The fraction of sp³-hybridized carbons (Fsp3) is 0.278. The van der Waals surface area contributed by atoms with Crippen molar-refractivity contribution in [3.05, 3.63) is 66.3 Å². The zero-order valence-electron chi connectivity index (χ0n) is 13.9. The minimum Gasteiger partial charge on any atom is -0.427 e. The van der Waals surface area contributed by atoms with Crippen LogP contribution in [0.1, 0.15) is 35.4 Å². The summed E-state index contributed by atoms with van der Waals surface area (Å²) in [5.74, 6) is 3.08. The average Bonchev–Trinajstić information content (AvgIpc) is 3.05. The molecular weight excluding hydrogens is 299 g/mol. The minimum atomic E-state index is 0.185. The summed E-state index contributed by atoms with van der Waals surface area (Å²) in [6, 6.07) is 7.89. The Bertz CT molecular complexity index is 749. The van der Waals surface area contributed by atoms with Crippen molar-refractivity contribution < 1.29 is 4.79 Å². The highest BCUT2D eigenvalue weighted by Crippen LogP contribution is 2.07. The summed E-state index contributed by atoms with van der Waals surface area (Å²) in [6.45, 7) is 2.86. The van der Waals surface area contributed by atoms with Crippen LogP contribution >= 0.6 is 0 Å². The Balaban J connectivity index is 1.46. The number of nitrogens with one attached hydrogen (secondary N) is 1. The van der Waals surface area contributed by atoms with Gasteiger partial charge in [-0.15, -0.1) is 0 Å². The molecule has 0 aliphatic carbocycles. The molecule has 1 N–H and O–H groups in total. The lowest BCUT2D eigenvalue weighted by Crippen LogP contribution is -2.41. The van der Waals surface area contributed by atoms with Gasteiger partial charge in [0.1, 0.15) is 12.2 Å². The zero-order chi connectivity index (χ0) is 16.8. The molecule has 1 aromatic carbocycles. The Morgan fingerprint density at radius 2 is 2.04 bits per heavy atom.